The van der Waals surface area contributed by atoms with Crippen molar-refractivity contribution in [3.05, 3.63) is 29.3 Å². The number of carboxylic acid groups (broad SMARTS) is 1. The van der Waals surface area contributed by atoms with Crippen molar-refractivity contribution in [2.24, 2.45) is 0 Å². The Hall–Kier alpha value is -1.22. The molecule has 1 aliphatic rings. The van der Waals surface area contributed by atoms with Crippen molar-refractivity contribution in [1.29, 1.82) is 0 Å². The summed E-state index contributed by atoms with van der Waals surface area (Å²) in [6, 6.07) is 6.69. The summed E-state index contributed by atoms with van der Waals surface area (Å²) in [6.45, 7) is 0. The molecule has 0 heterocycles. The lowest BCUT2D eigenvalue weighted by molar-refractivity contribution is -0.147. The van der Waals surface area contributed by atoms with Gasteiger partial charge in [-0.1, -0.05) is 11.6 Å². The second kappa shape index (κ2) is 3.17. The number of rotatable bonds is 3. The fourth-order valence-electron chi connectivity index (χ4n) is 1.20. The third-order valence-electron chi connectivity index (χ3n) is 2.22. The van der Waals surface area contributed by atoms with Crippen LogP contribution in [-0.4, -0.2) is 16.7 Å². The molecule has 1 aromatic rings. The van der Waals surface area contributed by atoms with Crippen LogP contribution in [0.25, 0.3) is 0 Å². The smallest absolute Gasteiger partial charge is 0.348 e. The molecule has 0 atom stereocenters. The van der Waals surface area contributed by atoms with Crippen LogP contribution in [0.4, 0.5) is 0 Å². The molecule has 0 bridgehead atoms. The molecule has 3 nitrogen and oxygen atoms in total. The highest BCUT2D eigenvalue weighted by Gasteiger charge is 2.53. The van der Waals surface area contributed by atoms with Gasteiger partial charge in [0.15, 0.2) is 0 Å². The summed E-state index contributed by atoms with van der Waals surface area (Å²) in [5.41, 5.74) is -0.978. The van der Waals surface area contributed by atoms with Gasteiger partial charge < -0.3 is 9.84 Å². The Bertz CT molecular complexity index is 354. The zero-order chi connectivity index (χ0) is 10.2. The molecule has 0 unspecified atom stereocenters. The molecule has 1 saturated carbocycles. The summed E-state index contributed by atoms with van der Waals surface area (Å²) in [6.07, 6.45) is 1.15. The fourth-order valence-corrected chi connectivity index (χ4v) is 1.33. The quantitative estimate of drug-likeness (QED) is 0.837. The van der Waals surface area contributed by atoms with Gasteiger partial charge in [-0.15, -0.1) is 0 Å². The Morgan fingerprint density at radius 3 is 2.36 bits per heavy atom. The van der Waals surface area contributed by atoms with E-state index in [1.165, 1.54) is 0 Å². The second-order valence-corrected chi connectivity index (χ2v) is 3.79. The van der Waals surface area contributed by atoms with E-state index in [1.807, 2.05) is 0 Å². The molecule has 2 rings (SSSR count). The van der Waals surface area contributed by atoms with E-state index in [1.54, 1.807) is 24.3 Å². The van der Waals surface area contributed by atoms with Crippen molar-refractivity contribution in [3.8, 4) is 5.75 Å². The Balaban J connectivity index is 2.11. The SMILES string of the molecule is O=C(O)C1(Oc2ccc(Cl)cc2)CC1. The van der Waals surface area contributed by atoms with Crippen molar-refractivity contribution in [1.82, 2.24) is 0 Å². The Labute approximate surface area is 86.3 Å². The summed E-state index contributed by atoms with van der Waals surface area (Å²) < 4.78 is 5.37. The Morgan fingerprint density at radius 2 is 1.93 bits per heavy atom. The van der Waals surface area contributed by atoms with E-state index in [0.717, 1.165) is 0 Å². The number of ether oxygens (including phenoxy) is 1. The van der Waals surface area contributed by atoms with E-state index < -0.39 is 11.6 Å². The molecule has 0 saturated heterocycles. The summed E-state index contributed by atoms with van der Waals surface area (Å²) in [5, 5.41) is 9.48. The van der Waals surface area contributed by atoms with Crippen LogP contribution in [0.15, 0.2) is 24.3 Å². The molecule has 0 aromatic heterocycles. The molecule has 0 radical (unpaired) electrons. The van der Waals surface area contributed by atoms with Gasteiger partial charge in [0.2, 0.25) is 5.60 Å². The van der Waals surface area contributed by atoms with Gasteiger partial charge in [-0.3, -0.25) is 0 Å². The molecule has 14 heavy (non-hydrogen) atoms. The minimum absolute atomic E-state index is 0.550. The third-order valence-corrected chi connectivity index (χ3v) is 2.47. The molecular weight excluding hydrogens is 204 g/mol. The lowest BCUT2D eigenvalue weighted by atomic mass is 10.3. The largest absolute Gasteiger partial charge is 0.478 e. The Morgan fingerprint density at radius 1 is 1.36 bits per heavy atom. The van der Waals surface area contributed by atoms with Gasteiger partial charge in [-0.05, 0) is 24.3 Å². The maximum Gasteiger partial charge on any atom is 0.348 e. The van der Waals surface area contributed by atoms with E-state index in [9.17, 15) is 4.79 Å². The lowest BCUT2D eigenvalue weighted by Crippen LogP contribution is -2.28. The monoisotopic (exact) mass is 212 g/mol. The van der Waals surface area contributed by atoms with Gasteiger partial charge in [0, 0.05) is 17.9 Å². The molecule has 0 spiro atoms. The van der Waals surface area contributed by atoms with E-state index in [4.69, 9.17) is 21.4 Å². The first-order valence-corrected chi connectivity index (χ1v) is 4.68. The number of carbonyl (C=O) groups is 1. The third kappa shape index (κ3) is 1.68. The molecule has 0 aliphatic heterocycles. The van der Waals surface area contributed by atoms with Crippen LogP contribution >= 0.6 is 11.6 Å². The highest BCUT2D eigenvalue weighted by Crippen LogP contribution is 2.40. The highest BCUT2D eigenvalue weighted by molar-refractivity contribution is 6.30. The van der Waals surface area contributed by atoms with Crippen molar-refractivity contribution in [3.63, 3.8) is 0 Å². The summed E-state index contributed by atoms with van der Waals surface area (Å²) >= 11 is 5.69. The average Bonchev–Trinajstić information content (AvgIpc) is 2.90. The normalized spacial score (nSPS) is 17.5. The second-order valence-electron chi connectivity index (χ2n) is 3.36. The molecule has 74 valence electrons. The van der Waals surface area contributed by atoms with Crippen LogP contribution in [0.3, 0.4) is 0 Å². The van der Waals surface area contributed by atoms with Crippen LogP contribution in [0, 0.1) is 0 Å². The van der Waals surface area contributed by atoms with E-state index in [2.05, 4.69) is 0 Å². The minimum atomic E-state index is -0.978. The molecule has 1 N–H and O–H groups in total. The van der Waals surface area contributed by atoms with Crippen molar-refractivity contribution >= 4 is 17.6 Å². The maximum absolute atomic E-state index is 10.8. The molecule has 1 aromatic carbocycles. The fraction of sp³-hybridized carbons (Fsp3) is 0.300. The number of hydrogen-bond donors (Lipinski definition) is 1. The number of halogens is 1. The first kappa shape index (κ1) is 9.34. The average molecular weight is 213 g/mol. The molecule has 0 amide bonds. The van der Waals surface area contributed by atoms with Crippen molar-refractivity contribution in [2.45, 2.75) is 18.4 Å². The predicted molar refractivity (Wildman–Crippen MR) is 51.7 cm³/mol. The number of benzene rings is 1. The maximum atomic E-state index is 10.8. The predicted octanol–water partition coefficient (Wildman–Crippen LogP) is 2.34. The highest BCUT2D eigenvalue weighted by atomic mass is 35.5. The zero-order valence-corrected chi connectivity index (χ0v) is 8.12. The first-order valence-electron chi connectivity index (χ1n) is 4.30. The molecule has 1 fully saturated rings. The van der Waals surface area contributed by atoms with Crippen molar-refractivity contribution < 1.29 is 14.6 Å². The van der Waals surface area contributed by atoms with Gasteiger partial charge in [-0.2, -0.15) is 0 Å². The molecule has 1 aliphatic carbocycles. The van der Waals surface area contributed by atoms with Crippen LogP contribution < -0.4 is 4.74 Å². The van der Waals surface area contributed by atoms with Gasteiger partial charge in [0.05, 0.1) is 0 Å². The first-order chi connectivity index (χ1) is 6.62. The van der Waals surface area contributed by atoms with Gasteiger partial charge in [-0.25, -0.2) is 4.79 Å². The van der Waals surface area contributed by atoms with E-state index >= 15 is 0 Å². The van der Waals surface area contributed by atoms with Crippen molar-refractivity contribution in [2.75, 3.05) is 0 Å². The molecule has 4 heteroatoms. The zero-order valence-electron chi connectivity index (χ0n) is 7.37. The standard InChI is InChI=1S/C10H9ClO3/c11-7-1-3-8(4-2-7)14-10(5-6-10)9(12)13/h1-4H,5-6H2,(H,12,13). The van der Waals surface area contributed by atoms with Gasteiger partial charge >= 0.3 is 5.97 Å². The number of aliphatic carboxylic acids is 1. The molecular formula is C10H9ClO3. The van der Waals surface area contributed by atoms with Crippen LogP contribution in [0.5, 0.6) is 5.75 Å². The summed E-state index contributed by atoms with van der Waals surface area (Å²) in [7, 11) is 0. The number of hydrogen-bond acceptors (Lipinski definition) is 2. The van der Waals surface area contributed by atoms with E-state index in [0.29, 0.717) is 23.6 Å². The lowest BCUT2D eigenvalue weighted by Gasteiger charge is -2.12. The Kier molecular flexibility index (Phi) is 2.11. The van der Waals surface area contributed by atoms with Crippen LogP contribution in [0.1, 0.15) is 12.8 Å². The topological polar surface area (TPSA) is 46.5 Å². The van der Waals surface area contributed by atoms with Crippen LogP contribution in [0.2, 0.25) is 5.02 Å². The van der Waals surface area contributed by atoms with E-state index in [-0.39, 0.29) is 0 Å². The summed E-state index contributed by atoms with van der Waals surface area (Å²) in [4.78, 5) is 10.8. The minimum Gasteiger partial charge on any atom is -0.478 e. The van der Waals surface area contributed by atoms with Gasteiger partial charge in [0.25, 0.3) is 0 Å². The van der Waals surface area contributed by atoms with Crippen LogP contribution in [-0.2, 0) is 4.79 Å². The summed E-state index contributed by atoms with van der Waals surface area (Å²) in [5.74, 6) is -0.346. The van der Waals surface area contributed by atoms with Gasteiger partial charge in [0.1, 0.15) is 5.75 Å². The number of carboxylic acids is 1.